The molecule has 0 saturated carbocycles. The number of amides is 2. The Morgan fingerprint density at radius 1 is 1.05 bits per heavy atom. The summed E-state index contributed by atoms with van der Waals surface area (Å²) < 4.78 is 5.18. The minimum Gasteiger partial charge on any atom is -0.497 e. The van der Waals surface area contributed by atoms with Gasteiger partial charge in [-0.1, -0.05) is 24.3 Å². The first-order valence-electron chi connectivity index (χ1n) is 12.7. The van der Waals surface area contributed by atoms with Crippen LogP contribution in [0.15, 0.2) is 85.7 Å². The van der Waals surface area contributed by atoms with E-state index in [0.29, 0.717) is 39.3 Å². The third kappa shape index (κ3) is 6.97. The Kier molecular flexibility index (Phi) is 9.20. The number of nitrogens with zero attached hydrogens (tertiary/aromatic N) is 2. The number of aromatic nitrogens is 2. The predicted molar refractivity (Wildman–Crippen MR) is 154 cm³/mol. The van der Waals surface area contributed by atoms with Crippen molar-refractivity contribution in [2.45, 2.75) is 18.9 Å². The summed E-state index contributed by atoms with van der Waals surface area (Å²) >= 11 is 0. The van der Waals surface area contributed by atoms with Gasteiger partial charge in [-0.15, -0.1) is 6.58 Å². The van der Waals surface area contributed by atoms with Crippen LogP contribution in [-0.4, -0.2) is 42.0 Å². The zero-order valence-electron chi connectivity index (χ0n) is 21.8. The van der Waals surface area contributed by atoms with Gasteiger partial charge in [0.05, 0.1) is 24.2 Å². The minimum atomic E-state index is -0.548. The van der Waals surface area contributed by atoms with Crippen molar-refractivity contribution in [3.63, 3.8) is 0 Å². The zero-order valence-corrected chi connectivity index (χ0v) is 21.8. The molecule has 200 valence electrons. The fraction of sp³-hybridized carbons (Fsp3) is 0.200. The summed E-state index contributed by atoms with van der Waals surface area (Å²) in [5, 5.41) is 10.6. The summed E-state index contributed by atoms with van der Waals surface area (Å²) in [4.78, 5) is 33.6. The highest BCUT2D eigenvalue weighted by atomic mass is 16.5. The lowest BCUT2D eigenvalue weighted by molar-refractivity contribution is 0.0998. The highest BCUT2D eigenvalue weighted by Crippen LogP contribution is 2.29. The first-order valence-corrected chi connectivity index (χ1v) is 12.7. The number of ether oxygens (including phenoxy) is 1. The number of nitrogens with two attached hydrogens (primary N) is 1. The quantitative estimate of drug-likeness (QED) is 0.147. The molecule has 1 heterocycles. The number of primary amides is 1. The second kappa shape index (κ2) is 13.2. The monoisotopic (exact) mass is 524 g/mol. The molecule has 4 rings (SSSR count). The first kappa shape index (κ1) is 27.3. The first-order chi connectivity index (χ1) is 19.0. The van der Waals surface area contributed by atoms with Crippen LogP contribution in [0.3, 0.4) is 0 Å². The number of hydrogen-bond acceptors (Lipinski definition) is 7. The fourth-order valence-corrected chi connectivity index (χ4v) is 4.24. The van der Waals surface area contributed by atoms with Gasteiger partial charge in [0.2, 0.25) is 0 Å². The second-order valence-corrected chi connectivity index (χ2v) is 8.91. The molecule has 1 aromatic heterocycles. The molecular formula is C30H32N6O3. The van der Waals surface area contributed by atoms with Crippen LogP contribution in [0.4, 0.5) is 11.5 Å². The molecule has 0 radical (unpaired) electrons. The van der Waals surface area contributed by atoms with Crippen LogP contribution in [0.2, 0.25) is 0 Å². The van der Waals surface area contributed by atoms with Crippen LogP contribution in [0.5, 0.6) is 5.75 Å². The third-order valence-corrected chi connectivity index (χ3v) is 6.28. The van der Waals surface area contributed by atoms with Gasteiger partial charge in [0.25, 0.3) is 11.8 Å². The van der Waals surface area contributed by atoms with Crippen molar-refractivity contribution in [2.24, 2.45) is 5.73 Å². The molecule has 2 amide bonds. The Morgan fingerprint density at radius 3 is 2.59 bits per heavy atom. The van der Waals surface area contributed by atoms with E-state index in [1.807, 2.05) is 36.4 Å². The number of methoxy groups -OCH3 is 1. The van der Waals surface area contributed by atoms with Gasteiger partial charge in [-0.25, -0.2) is 9.97 Å². The average Bonchev–Trinajstić information content (AvgIpc) is 2.96. The van der Waals surface area contributed by atoms with Gasteiger partial charge in [0, 0.05) is 16.6 Å². The predicted octanol–water partition coefficient (Wildman–Crippen LogP) is 4.70. The number of benzene rings is 3. The van der Waals surface area contributed by atoms with Crippen LogP contribution in [0, 0.1) is 0 Å². The molecule has 0 aliphatic rings. The molecule has 0 spiro atoms. The van der Waals surface area contributed by atoms with Gasteiger partial charge >= 0.3 is 0 Å². The lowest BCUT2D eigenvalue weighted by atomic mass is 10.0. The van der Waals surface area contributed by atoms with E-state index in [1.165, 1.54) is 6.33 Å². The molecule has 39 heavy (non-hydrogen) atoms. The Hall–Kier alpha value is -4.76. The van der Waals surface area contributed by atoms with Gasteiger partial charge in [-0.2, -0.15) is 0 Å². The van der Waals surface area contributed by atoms with E-state index in [2.05, 4.69) is 32.5 Å². The number of nitrogens with one attached hydrogen (secondary N) is 3. The molecule has 9 heteroatoms. The van der Waals surface area contributed by atoms with Gasteiger partial charge in [0.1, 0.15) is 17.9 Å². The molecule has 5 N–H and O–H groups in total. The van der Waals surface area contributed by atoms with E-state index in [4.69, 9.17) is 10.5 Å². The van der Waals surface area contributed by atoms with Gasteiger partial charge in [-0.05, 0) is 80.0 Å². The number of para-hydroxylation sites is 1. The van der Waals surface area contributed by atoms with Crippen molar-refractivity contribution in [1.29, 1.82) is 0 Å². The molecular weight excluding hydrogens is 492 g/mol. The smallest absolute Gasteiger partial charge is 0.255 e. The van der Waals surface area contributed by atoms with E-state index >= 15 is 0 Å². The summed E-state index contributed by atoms with van der Waals surface area (Å²) in [6.07, 6.45) is 4.90. The summed E-state index contributed by atoms with van der Waals surface area (Å²) in [6, 6.07) is 19.8. The van der Waals surface area contributed by atoms with Gasteiger partial charge in [-0.3, -0.25) is 9.59 Å². The van der Waals surface area contributed by atoms with Crippen LogP contribution in [-0.2, 0) is 0 Å². The molecule has 4 aromatic rings. The molecule has 0 aliphatic heterocycles. The Labute approximate surface area is 227 Å². The molecule has 1 atom stereocenters. The maximum absolute atomic E-state index is 12.9. The van der Waals surface area contributed by atoms with Crippen LogP contribution < -0.4 is 26.4 Å². The zero-order chi connectivity index (χ0) is 27.6. The highest BCUT2D eigenvalue weighted by Gasteiger charge is 2.17. The van der Waals surface area contributed by atoms with Crippen molar-refractivity contribution >= 4 is 34.2 Å². The Bertz CT molecular complexity index is 1460. The largest absolute Gasteiger partial charge is 0.497 e. The average molecular weight is 525 g/mol. The number of anilines is 2. The van der Waals surface area contributed by atoms with Crippen molar-refractivity contribution < 1.29 is 14.3 Å². The molecule has 9 nitrogen and oxygen atoms in total. The Balaban J connectivity index is 1.59. The topological polar surface area (TPSA) is 131 Å². The minimum absolute atomic E-state index is 0.158. The summed E-state index contributed by atoms with van der Waals surface area (Å²) in [7, 11) is 1.58. The second-order valence-electron chi connectivity index (χ2n) is 8.91. The van der Waals surface area contributed by atoms with Crippen LogP contribution in [0.1, 0.15) is 45.2 Å². The summed E-state index contributed by atoms with van der Waals surface area (Å²) in [5.74, 6) is 0.510. The van der Waals surface area contributed by atoms with Crippen molar-refractivity contribution in [2.75, 3.05) is 30.8 Å². The molecule has 0 saturated heterocycles. The fourth-order valence-electron chi connectivity index (χ4n) is 4.24. The molecule has 0 bridgehead atoms. The van der Waals surface area contributed by atoms with E-state index < -0.39 is 5.91 Å². The Morgan fingerprint density at radius 2 is 1.85 bits per heavy atom. The summed E-state index contributed by atoms with van der Waals surface area (Å²) in [6.45, 7) is 5.33. The molecule has 0 fully saturated rings. The standard InChI is InChI=1S/C30H32N6O3/c1-3-4-16-32-17-15-26(36-29-25-10-6-9-24(28(31)37)27(25)33-19-34-29)21-7-5-8-22(18-21)35-30(38)20-11-13-23(39-2)14-12-20/h3,5-14,18-19,26,32H,1,4,15-17H2,2H3,(H2,31,37)(H,35,38)(H,33,34,36). The van der Waals surface area contributed by atoms with E-state index in [9.17, 15) is 9.59 Å². The molecule has 1 unspecified atom stereocenters. The highest BCUT2D eigenvalue weighted by molar-refractivity contribution is 6.07. The van der Waals surface area contributed by atoms with Gasteiger partial charge in [0.15, 0.2) is 0 Å². The number of hydrogen-bond donors (Lipinski definition) is 4. The maximum atomic E-state index is 12.9. The number of fused-ring (bicyclic) bond motifs is 1. The lowest BCUT2D eigenvalue weighted by Crippen LogP contribution is -2.22. The summed E-state index contributed by atoms with van der Waals surface area (Å²) in [5.41, 5.74) is 8.55. The normalized spacial score (nSPS) is 11.5. The SMILES string of the molecule is C=CCCNCCC(Nc1ncnc2c(C(N)=O)cccc12)c1cccc(NC(=O)c2ccc(OC)cc2)c1. The van der Waals surface area contributed by atoms with Crippen LogP contribution >= 0.6 is 0 Å². The van der Waals surface area contributed by atoms with Gasteiger partial charge < -0.3 is 26.4 Å². The number of carbonyl (C=O) groups excluding carboxylic acids is 2. The van der Waals surface area contributed by atoms with Crippen molar-refractivity contribution in [3.05, 3.63) is 102 Å². The van der Waals surface area contributed by atoms with E-state index in [-0.39, 0.29) is 11.9 Å². The third-order valence-electron chi connectivity index (χ3n) is 6.28. The molecule has 3 aromatic carbocycles. The van der Waals surface area contributed by atoms with E-state index in [1.54, 1.807) is 43.5 Å². The number of carbonyl (C=O) groups is 2. The van der Waals surface area contributed by atoms with Crippen LogP contribution in [0.25, 0.3) is 10.9 Å². The molecule has 0 aliphatic carbocycles. The van der Waals surface area contributed by atoms with E-state index in [0.717, 1.165) is 31.5 Å². The van der Waals surface area contributed by atoms with Crippen molar-refractivity contribution in [1.82, 2.24) is 15.3 Å². The van der Waals surface area contributed by atoms with Crippen molar-refractivity contribution in [3.8, 4) is 5.75 Å². The lowest BCUT2D eigenvalue weighted by Gasteiger charge is -2.22. The maximum Gasteiger partial charge on any atom is 0.255 e. The number of rotatable bonds is 13.